The molecule has 1 aromatic heterocycles. The van der Waals surface area contributed by atoms with E-state index >= 15 is 0 Å². The van der Waals surface area contributed by atoms with Crippen molar-refractivity contribution in [3.8, 4) is 0 Å². The molecule has 0 aliphatic carbocycles. The van der Waals surface area contributed by atoms with E-state index in [0.29, 0.717) is 25.3 Å². The third-order valence-corrected chi connectivity index (χ3v) is 2.94. The third-order valence-electron chi connectivity index (χ3n) is 2.94. The Morgan fingerprint density at radius 2 is 2.11 bits per heavy atom. The van der Waals surface area contributed by atoms with Crippen LogP contribution in [0.4, 0.5) is 0 Å². The highest BCUT2D eigenvalue weighted by Crippen LogP contribution is 1.95. The van der Waals surface area contributed by atoms with Crippen LogP contribution < -0.4 is 10.6 Å². The van der Waals surface area contributed by atoms with Crippen LogP contribution in [0.1, 0.15) is 23.4 Å². The molecule has 1 aliphatic rings. The first-order valence-electron chi connectivity index (χ1n) is 6.38. The zero-order valence-corrected chi connectivity index (χ0v) is 10.9. The molecule has 8 nitrogen and oxygen atoms in total. The Morgan fingerprint density at radius 3 is 2.74 bits per heavy atom. The first-order chi connectivity index (χ1) is 9.20. The van der Waals surface area contributed by atoms with Gasteiger partial charge in [-0.1, -0.05) is 6.92 Å². The molecule has 1 aliphatic heterocycles. The largest absolute Gasteiger partial charge is 0.340 e. The first kappa shape index (κ1) is 13.5. The number of nitrogens with one attached hydrogen (secondary N) is 3. The van der Waals surface area contributed by atoms with Crippen LogP contribution in [0.2, 0.25) is 0 Å². The topological polar surface area (TPSA) is 103 Å². The van der Waals surface area contributed by atoms with Gasteiger partial charge in [0.05, 0.1) is 6.54 Å². The van der Waals surface area contributed by atoms with Gasteiger partial charge >= 0.3 is 0 Å². The van der Waals surface area contributed by atoms with E-state index in [1.165, 1.54) is 0 Å². The van der Waals surface area contributed by atoms with Crippen molar-refractivity contribution < 1.29 is 9.59 Å². The van der Waals surface area contributed by atoms with Gasteiger partial charge in [-0.15, -0.1) is 5.10 Å². The van der Waals surface area contributed by atoms with Crippen molar-refractivity contribution >= 4 is 11.8 Å². The van der Waals surface area contributed by atoms with Crippen LogP contribution in [0.3, 0.4) is 0 Å². The maximum atomic E-state index is 11.8. The minimum absolute atomic E-state index is 0.0190. The lowest BCUT2D eigenvalue weighted by Crippen LogP contribution is -2.49. The van der Waals surface area contributed by atoms with E-state index < -0.39 is 5.91 Å². The van der Waals surface area contributed by atoms with Gasteiger partial charge in [-0.2, -0.15) is 0 Å². The summed E-state index contributed by atoms with van der Waals surface area (Å²) in [5.74, 6) is 0.212. The van der Waals surface area contributed by atoms with Gasteiger partial charge in [0.1, 0.15) is 5.82 Å². The van der Waals surface area contributed by atoms with Crippen molar-refractivity contribution in [1.82, 2.24) is 30.7 Å². The number of aromatic nitrogens is 3. The Balaban J connectivity index is 1.80. The van der Waals surface area contributed by atoms with Crippen molar-refractivity contribution in [2.24, 2.45) is 0 Å². The van der Waals surface area contributed by atoms with E-state index in [-0.39, 0.29) is 18.3 Å². The summed E-state index contributed by atoms with van der Waals surface area (Å²) >= 11 is 0. The van der Waals surface area contributed by atoms with Crippen molar-refractivity contribution in [3.05, 3.63) is 11.6 Å². The maximum absolute atomic E-state index is 11.8. The average Bonchev–Trinajstić information content (AvgIpc) is 2.94. The zero-order valence-electron chi connectivity index (χ0n) is 10.9. The van der Waals surface area contributed by atoms with Crippen molar-refractivity contribution in [2.45, 2.75) is 13.3 Å². The number of amides is 2. The van der Waals surface area contributed by atoms with Gasteiger partial charge in [0, 0.05) is 32.6 Å². The van der Waals surface area contributed by atoms with Crippen molar-refractivity contribution in [2.75, 3.05) is 32.7 Å². The smallest absolute Gasteiger partial charge is 0.291 e. The summed E-state index contributed by atoms with van der Waals surface area (Å²) < 4.78 is 0. The molecule has 0 saturated carbocycles. The fourth-order valence-electron chi connectivity index (χ4n) is 1.82. The van der Waals surface area contributed by atoms with Crippen molar-refractivity contribution in [1.29, 1.82) is 0 Å². The number of carbonyl (C=O) groups excluding carboxylic acids is 2. The van der Waals surface area contributed by atoms with E-state index in [1.807, 2.05) is 6.92 Å². The lowest BCUT2D eigenvalue weighted by Gasteiger charge is -2.27. The predicted octanol–water partition coefficient (Wildman–Crippen LogP) is -1.47. The number of hydrogen-bond donors (Lipinski definition) is 3. The molecule has 2 heterocycles. The molecule has 8 heteroatoms. The Bertz CT molecular complexity index is 452. The standard InChI is InChI=1S/C11H18N6O2/c1-2-8-14-10(16-15-8)11(19)13-7-9(18)17-5-3-12-4-6-17/h12H,2-7H2,1H3,(H,13,19)(H,14,15,16). The summed E-state index contributed by atoms with van der Waals surface area (Å²) in [4.78, 5) is 29.3. The second kappa shape index (κ2) is 6.28. The number of rotatable bonds is 4. The molecule has 0 atom stereocenters. The summed E-state index contributed by atoms with van der Waals surface area (Å²) in [6, 6.07) is 0. The number of aromatic amines is 1. The number of piperazine rings is 1. The van der Waals surface area contributed by atoms with Crippen LogP contribution in [0.15, 0.2) is 0 Å². The Kier molecular flexibility index (Phi) is 4.45. The Hall–Kier alpha value is -1.96. The van der Waals surface area contributed by atoms with Gasteiger partial charge in [0.2, 0.25) is 11.7 Å². The number of aryl methyl sites for hydroxylation is 1. The Labute approximate surface area is 111 Å². The fraction of sp³-hybridized carbons (Fsp3) is 0.636. The highest BCUT2D eigenvalue weighted by molar-refractivity contribution is 5.93. The maximum Gasteiger partial charge on any atom is 0.291 e. The molecule has 0 spiro atoms. The molecule has 19 heavy (non-hydrogen) atoms. The third kappa shape index (κ3) is 3.50. The molecule has 1 fully saturated rings. The number of carbonyl (C=O) groups is 2. The minimum atomic E-state index is -0.431. The quantitative estimate of drug-likeness (QED) is 0.617. The van der Waals surface area contributed by atoms with Gasteiger partial charge in [-0.25, -0.2) is 4.98 Å². The molecule has 0 bridgehead atoms. The molecular formula is C11H18N6O2. The molecule has 1 aromatic rings. The van der Waals surface area contributed by atoms with E-state index in [2.05, 4.69) is 25.8 Å². The predicted molar refractivity (Wildman–Crippen MR) is 67.5 cm³/mol. The average molecular weight is 266 g/mol. The second-order valence-electron chi connectivity index (χ2n) is 4.27. The molecule has 0 unspecified atom stereocenters. The molecule has 0 aromatic carbocycles. The van der Waals surface area contributed by atoms with Crippen LogP contribution in [0.25, 0.3) is 0 Å². The highest BCUT2D eigenvalue weighted by Gasteiger charge is 2.18. The van der Waals surface area contributed by atoms with E-state index in [9.17, 15) is 9.59 Å². The van der Waals surface area contributed by atoms with Crippen molar-refractivity contribution in [3.63, 3.8) is 0 Å². The van der Waals surface area contributed by atoms with Crippen LogP contribution >= 0.6 is 0 Å². The van der Waals surface area contributed by atoms with Gasteiger partial charge in [-0.3, -0.25) is 14.7 Å². The summed E-state index contributed by atoms with van der Waals surface area (Å²) in [5.41, 5.74) is 0. The molecule has 2 amide bonds. The van der Waals surface area contributed by atoms with Gasteiger partial charge in [-0.05, 0) is 0 Å². The normalized spacial score (nSPS) is 15.3. The Morgan fingerprint density at radius 1 is 1.37 bits per heavy atom. The summed E-state index contributed by atoms with van der Waals surface area (Å²) in [6.07, 6.45) is 0.681. The van der Waals surface area contributed by atoms with Gasteiger partial charge in [0.15, 0.2) is 0 Å². The van der Waals surface area contributed by atoms with Crippen LogP contribution in [-0.4, -0.2) is 64.6 Å². The first-order valence-corrected chi connectivity index (χ1v) is 6.38. The van der Waals surface area contributed by atoms with E-state index in [0.717, 1.165) is 13.1 Å². The summed E-state index contributed by atoms with van der Waals surface area (Å²) in [5, 5.41) is 12.2. The number of hydrogen-bond acceptors (Lipinski definition) is 5. The monoisotopic (exact) mass is 266 g/mol. The SMILES string of the molecule is CCc1nc(C(=O)NCC(=O)N2CCNCC2)n[nH]1. The molecule has 0 radical (unpaired) electrons. The van der Waals surface area contributed by atoms with E-state index in [1.54, 1.807) is 4.90 Å². The summed E-state index contributed by atoms with van der Waals surface area (Å²) in [6.45, 7) is 4.83. The summed E-state index contributed by atoms with van der Waals surface area (Å²) in [7, 11) is 0. The lowest BCUT2D eigenvalue weighted by molar-refractivity contribution is -0.130. The van der Waals surface area contributed by atoms with Crippen LogP contribution in [0.5, 0.6) is 0 Å². The van der Waals surface area contributed by atoms with Gasteiger partial charge in [0.25, 0.3) is 5.91 Å². The fourth-order valence-corrected chi connectivity index (χ4v) is 1.82. The molecule has 3 N–H and O–H groups in total. The van der Waals surface area contributed by atoms with Gasteiger partial charge < -0.3 is 15.5 Å². The molecular weight excluding hydrogens is 248 g/mol. The number of H-pyrrole nitrogens is 1. The molecule has 104 valence electrons. The second-order valence-corrected chi connectivity index (χ2v) is 4.27. The van der Waals surface area contributed by atoms with Crippen LogP contribution in [-0.2, 0) is 11.2 Å². The lowest BCUT2D eigenvalue weighted by atomic mass is 10.3. The van der Waals surface area contributed by atoms with E-state index in [4.69, 9.17) is 0 Å². The highest BCUT2D eigenvalue weighted by atomic mass is 16.2. The van der Waals surface area contributed by atoms with Crippen LogP contribution in [0, 0.1) is 0 Å². The zero-order chi connectivity index (χ0) is 13.7. The minimum Gasteiger partial charge on any atom is -0.340 e. The molecule has 2 rings (SSSR count). The number of nitrogens with zero attached hydrogens (tertiary/aromatic N) is 3. The molecule has 1 saturated heterocycles.